The van der Waals surface area contributed by atoms with Crippen LogP contribution in [0.5, 0.6) is 0 Å². The molecule has 0 saturated carbocycles. The van der Waals surface area contributed by atoms with Crippen LogP contribution >= 0.6 is 7.82 Å². The second kappa shape index (κ2) is 58.9. The van der Waals surface area contributed by atoms with Crippen LogP contribution in [-0.2, 0) is 32.7 Å². The predicted molar refractivity (Wildman–Crippen MR) is 330 cm³/mol. The zero-order valence-electron chi connectivity index (χ0n) is 51.7. The Kier molecular flexibility index (Phi) is 57.5. The number of quaternary nitrogens is 1. The second-order valence-corrected chi connectivity index (χ2v) is 25.3. The fourth-order valence-electron chi connectivity index (χ4n) is 9.75. The van der Waals surface area contributed by atoms with Crippen LogP contribution in [0.1, 0.15) is 328 Å². The molecule has 1 N–H and O–H groups in total. The second-order valence-electron chi connectivity index (χ2n) is 23.9. The van der Waals surface area contributed by atoms with Gasteiger partial charge >= 0.3 is 19.8 Å². The third kappa shape index (κ3) is 63.3. The van der Waals surface area contributed by atoms with Gasteiger partial charge in [0.15, 0.2) is 6.10 Å². The minimum Gasteiger partial charge on any atom is -0.462 e. The number of phosphoric ester groups is 1. The summed E-state index contributed by atoms with van der Waals surface area (Å²) in [5, 5.41) is 0. The molecule has 2 unspecified atom stereocenters. The first-order chi connectivity index (χ1) is 37.5. The molecule has 454 valence electrons. The van der Waals surface area contributed by atoms with E-state index in [2.05, 4.69) is 50.3 Å². The van der Waals surface area contributed by atoms with Crippen molar-refractivity contribution in [1.82, 2.24) is 0 Å². The van der Waals surface area contributed by atoms with Gasteiger partial charge in [0.05, 0.1) is 27.7 Å². The Morgan fingerprint density at radius 1 is 0.403 bits per heavy atom. The Balaban J connectivity index is 3.92. The van der Waals surface area contributed by atoms with E-state index in [4.69, 9.17) is 18.5 Å². The smallest absolute Gasteiger partial charge is 0.462 e. The number of unbranched alkanes of at least 4 members (excludes halogenated alkanes) is 42. The van der Waals surface area contributed by atoms with Gasteiger partial charge in [-0.15, -0.1) is 0 Å². The van der Waals surface area contributed by atoms with Gasteiger partial charge in [0.25, 0.3) is 0 Å². The normalized spacial score (nSPS) is 13.4. The summed E-state index contributed by atoms with van der Waals surface area (Å²) in [7, 11) is 1.49. The SMILES string of the molecule is CCCCCCC/C=C\C/C=C\CCCCCCCCCCCCCCCCCCCCCCCCCCCC(=O)OC(COC(=O)CCCCCCC/C=C\CCCCCCCCC)COP(=O)(O)OCC[N+](C)(C)C. The molecule has 0 bridgehead atoms. The molecule has 0 aliphatic rings. The number of phosphoric acid groups is 1. The largest absolute Gasteiger partial charge is 0.472 e. The molecule has 0 rings (SSSR count). The molecule has 0 heterocycles. The fraction of sp³-hybridized carbons (Fsp3) is 0.881. The summed E-state index contributed by atoms with van der Waals surface area (Å²) >= 11 is 0. The minimum absolute atomic E-state index is 0.0328. The van der Waals surface area contributed by atoms with Gasteiger partial charge in [-0.25, -0.2) is 4.57 Å². The number of esters is 2. The Morgan fingerprint density at radius 2 is 0.701 bits per heavy atom. The minimum atomic E-state index is -4.39. The van der Waals surface area contributed by atoms with Gasteiger partial charge in [-0.05, 0) is 70.6 Å². The van der Waals surface area contributed by atoms with Gasteiger partial charge in [-0.3, -0.25) is 18.6 Å². The van der Waals surface area contributed by atoms with Crippen LogP contribution in [0.4, 0.5) is 0 Å². The number of likely N-dealkylation sites (N-methyl/N-ethyl adjacent to an activating group) is 1. The van der Waals surface area contributed by atoms with E-state index >= 15 is 0 Å². The summed E-state index contributed by atoms with van der Waals surface area (Å²) in [6, 6.07) is 0. The summed E-state index contributed by atoms with van der Waals surface area (Å²) in [6.07, 6.45) is 74.0. The van der Waals surface area contributed by atoms with Crippen LogP contribution in [0.15, 0.2) is 36.5 Å². The van der Waals surface area contributed by atoms with Crippen molar-refractivity contribution >= 4 is 19.8 Å². The maximum atomic E-state index is 12.8. The highest BCUT2D eigenvalue weighted by Gasteiger charge is 2.27. The van der Waals surface area contributed by atoms with Crippen molar-refractivity contribution in [3.8, 4) is 0 Å². The summed E-state index contributed by atoms with van der Waals surface area (Å²) in [5.41, 5.74) is 0. The zero-order chi connectivity index (χ0) is 56.3. The molecule has 0 radical (unpaired) electrons. The van der Waals surface area contributed by atoms with E-state index in [1.54, 1.807) is 0 Å². The average molecular weight is 1110 g/mol. The van der Waals surface area contributed by atoms with E-state index in [1.165, 1.54) is 238 Å². The molecule has 0 aromatic rings. The van der Waals surface area contributed by atoms with E-state index < -0.39 is 26.5 Å². The van der Waals surface area contributed by atoms with Crippen molar-refractivity contribution in [1.29, 1.82) is 0 Å². The van der Waals surface area contributed by atoms with Gasteiger partial charge in [0.1, 0.15) is 19.8 Å². The maximum absolute atomic E-state index is 12.8. The number of rotatable bonds is 62. The summed E-state index contributed by atoms with van der Waals surface area (Å²) in [6.45, 7) is 4.46. The topological polar surface area (TPSA) is 108 Å². The maximum Gasteiger partial charge on any atom is 0.472 e. The molecule has 9 nitrogen and oxygen atoms in total. The third-order valence-electron chi connectivity index (χ3n) is 14.9. The number of allylic oxidation sites excluding steroid dienone is 6. The summed E-state index contributed by atoms with van der Waals surface area (Å²) in [5.74, 6) is -0.791. The molecule has 0 amide bonds. The van der Waals surface area contributed by atoms with Crippen LogP contribution in [0, 0.1) is 0 Å². The van der Waals surface area contributed by atoms with Crippen molar-refractivity contribution < 1.29 is 42.1 Å². The van der Waals surface area contributed by atoms with Crippen LogP contribution in [0.3, 0.4) is 0 Å². The Labute approximate surface area is 478 Å². The lowest BCUT2D eigenvalue weighted by Gasteiger charge is -2.24. The molecule has 0 spiro atoms. The molecular formula is C67H129NO8P+. The number of hydrogen-bond acceptors (Lipinski definition) is 7. The number of nitrogens with zero attached hydrogens (tertiary/aromatic N) is 1. The van der Waals surface area contributed by atoms with Crippen LogP contribution in [0.2, 0.25) is 0 Å². The first-order valence-electron chi connectivity index (χ1n) is 33.2. The molecule has 0 saturated heterocycles. The van der Waals surface area contributed by atoms with E-state index in [1.807, 2.05) is 21.1 Å². The Bertz CT molecular complexity index is 1390. The Hall–Kier alpha value is -1.77. The highest BCUT2D eigenvalue weighted by Crippen LogP contribution is 2.43. The Morgan fingerprint density at radius 3 is 1.04 bits per heavy atom. The van der Waals surface area contributed by atoms with Gasteiger partial charge in [-0.2, -0.15) is 0 Å². The van der Waals surface area contributed by atoms with Crippen LogP contribution < -0.4 is 0 Å². The van der Waals surface area contributed by atoms with E-state index in [0.717, 1.165) is 57.8 Å². The number of carbonyl (C=O) groups excluding carboxylic acids is 2. The lowest BCUT2D eigenvalue weighted by Crippen LogP contribution is -2.37. The van der Waals surface area contributed by atoms with E-state index in [-0.39, 0.29) is 32.0 Å². The molecule has 0 aliphatic heterocycles. The standard InChI is InChI=1S/C67H128NO8P/c1-6-8-10-12-14-16-18-20-22-24-25-26-27-28-29-30-31-32-33-34-35-36-37-38-39-40-41-42-43-44-46-48-50-52-54-56-58-60-67(70)76-65(64-75-77(71,72)74-62-61-68(3,4)5)63-73-66(69)59-57-55-53-51-49-47-45-23-21-19-17-15-13-11-9-7-2/h18,20,23-25,45,65H,6-17,19,21-22,26-44,46-64H2,1-5H3/p+1/b20-18-,25-24-,45-23-. The fourth-order valence-corrected chi connectivity index (χ4v) is 10.5. The van der Waals surface area contributed by atoms with Crippen molar-refractivity contribution in [2.75, 3.05) is 47.5 Å². The highest BCUT2D eigenvalue weighted by atomic mass is 31.2. The predicted octanol–water partition coefficient (Wildman–Crippen LogP) is 21.1. The molecule has 2 atom stereocenters. The molecular weight excluding hydrogens is 978 g/mol. The molecule has 77 heavy (non-hydrogen) atoms. The summed E-state index contributed by atoms with van der Waals surface area (Å²) in [4.78, 5) is 35.7. The van der Waals surface area contributed by atoms with Gasteiger partial charge in [0.2, 0.25) is 0 Å². The van der Waals surface area contributed by atoms with Crippen molar-refractivity contribution in [2.24, 2.45) is 0 Å². The molecule has 10 heteroatoms. The monoisotopic (exact) mass is 1110 g/mol. The molecule has 0 aromatic heterocycles. The number of carbonyl (C=O) groups is 2. The lowest BCUT2D eigenvalue weighted by atomic mass is 10.0. The van der Waals surface area contributed by atoms with Gasteiger partial charge in [-0.1, -0.05) is 281 Å². The third-order valence-corrected chi connectivity index (χ3v) is 15.9. The molecule has 0 fully saturated rings. The quantitative estimate of drug-likeness (QED) is 0.0211. The van der Waals surface area contributed by atoms with Gasteiger partial charge < -0.3 is 18.9 Å². The number of ether oxygens (including phenoxy) is 2. The lowest BCUT2D eigenvalue weighted by molar-refractivity contribution is -0.870. The van der Waals surface area contributed by atoms with E-state index in [9.17, 15) is 19.0 Å². The first-order valence-corrected chi connectivity index (χ1v) is 34.7. The summed E-state index contributed by atoms with van der Waals surface area (Å²) < 4.78 is 34.6. The van der Waals surface area contributed by atoms with Crippen molar-refractivity contribution in [3.63, 3.8) is 0 Å². The molecule has 0 aliphatic carbocycles. The van der Waals surface area contributed by atoms with Crippen LogP contribution in [-0.4, -0.2) is 74.9 Å². The average Bonchev–Trinajstić information content (AvgIpc) is 3.39. The van der Waals surface area contributed by atoms with Crippen LogP contribution in [0.25, 0.3) is 0 Å². The zero-order valence-corrected chi connectivity index (χ0v) is 52.6. The molecule has 0 aromatic carbocycles. The number of hydrogen-bond donors (Lipinski definition) is 1. The van der Waals surface area contributed by atoms with E-state index in [0.29, 0.717) is 17.4 Å². The highest BCUT2D eigenvalue weighted by molar-refractivity contribution is 7.47. The van der Waals surface area contributed by atoms with Crippen molar-refractivity contribution in [3.05, 3.63) is 36.5 Å². The first kappa shape index (κ1) is 75.2. The van der Waals surface area contributed by atoms with Gasteiger partial charge in [0, 0.05) is 12.8 Å². The van der Waals surface area contributed by atoms with Crippen molar-refractivity contribution in [2.45, 2.75) is 335 Å².